The molecule has 0 bridgehead atoms. The number of aromatic nitrogens is 1. The summed E-state index contributed by atoms with van der Waals surface area (Å²) in [5, 5.41) is 3.61. The minimum atomic E-state index is 0.0194. The van der Waals surface area contributed by atoms with Gasteiger partial charge in [0.05, 0.1) is 0 Å². The fourth-order valence-corrected chi connectivity index (χ4v) is 3.23. The zero-order valence-electron chi connectivity index (χ0n) is 11.1. The highest BCUT2D eigenvalue weighted by molar-refractivity contribution is 7.18. The molecule has 6 heteroatoms. The van der Waals surface area contributed by atoms with E-state index in [4.69, 9.17) is 5.73 Å². The number of piperidine rings is 1. The van der Waals surface area contributed by atoms with Gasteiger partial charge in [-0.3, -0.25) is 4.79 Å². The lowest BCUT2D eigenvalue weighted by Crippen LogP contribution is -2.44. The number of anilines is 2. The van der Waals surface area contributed by atoms with Crippen LogP contribution in [-0.2, 0) is 0 Å². The Kier molecular flexibility index (Phi) is 3.75. The number of carbonyl (C=O) groups is 1. The Labute approximate surface area is 111 Å². The summed E-state index contributed by atoms with van der Waals surface area (Å²) < 4.78 is 0. The molecule has 2 rings (SSSR count). The van der Waals surface area contributed by atoms with E-state index in [9.17, 15) is 4.79 Å². The number of hydrogen-bond donors (Lipinski definition) is 2. The number of nitrogens with zero attached hydrogens (tertiary/aromatic N) is 2. The van der Waals surface area contributed by atoms with Gasteiger partial charge in [-0.05, 0) is 25.7 Å². The first-order valence-electron chi connectivity index (χ1n) is 6.28. The van der Waals surface area contributed by atoms with Crippen molar-refractivity contribution in [3.8, 4) is 0 Å². The van der Waals surface area contributed by atoms with E-state index >= 15 is 0 Å². The zero-order chi connectivity index (χ0) is 13.3. The number of nitrogen functional groups attached to an aromatic ring is 1. The van der Waals surface area contributed by atoms with Crippen LogP contribution in [0.3, 0.4) is 0 Å². The topological polar surface area (TPSA) is 71.2 Å². The van der Waals surface area contributed by atoms with Gasteiger partial charge in [0.15, 0.2) is 5.13 Å². The van der Waals surface area contributed by atoms with Crippen molar-refractivity contribution in [3.63, 3.8) is 0 Å². The maximum atomic E-state index is 12.5. The average molecular weight is 268 g/mol. The zero-order valence-corrected chi connectivity index (χ0v) is 11.9. The largest absolute Gasteiger partial charge is 0.382 e. The normalized spacial score (nSPS) is 24.1. The second-order valence-electron chi connectivity index (χ2n) is 4.96. The summed E-state index contributed by atoms with van der Waals surface area (Å²) in [6, 6.07) is 0.279. The Hall–Kier alpha value is -1.30. The number of likely N-dealkylation sites (tertiary alicyclic amines) is 1. The van der Waals surface area contributed by atoms with E-state index in [1.54, 1.807) is 7.05 Å². The summed E-state index contributed by atoms with van der Waals surface area (Å²) in [6.45, 7) is 5.15. The number of amides is 1. The molecule has 0 radical (unpaired) electrons. The van der Waals surface area contributed by atoms with Crippen LogP contribution in [-0.4, -0.2) is 35.4 Å². The maximum Gasteiger partial charge on any atom is 0.268 e. The standard InChI is InChI=1S/C12H20N4OS/c1-7-4-5-16(8(2)6-7)11(17)9-10(13)15-12(14-3)18-9/h7-8H,4-6,13H2,1-3H3,(H,14,15). The van der Waals surface area contributed by atoms with Crippen molar-refractivity contribution in [2.24, 2.45) is 5.92 Å². The maximum absolute atomic E-state index is 12.5. The van der Waals surface area contributed by atoms with Gasteiger partial charge >= 0.3 is 0 Å². The Bertz CT molecular complexity index is 445. The third-order valence-electron chi connectivity index (χ3n) is 3.46. The Balaban J connectivity index is 2.17. The molecule has 0 aliphatic carbocycles. The van der Waals surface area contributed by atoms with Crippen LogP contribution in [0.1, 0.15) is 36.4 Å². The lowest BCUT2D eigenvalue weighted by atomic mass is 9.93. The van der Waals surface area contributed by atoms with E-state index in [-0.39, 0.29) is 11.9 Å². The Morgan fingerprint density at radius 2 is 2.28 bits per heavy atom. The molecule has 1 aliphatic heterocycles. The van der Waals surface area contributed by atoms with Crippen LogP contribution in [0.5, 0.6) is 0 Å². The van der Waals surface area contributed by atoms with Gasteiger partial charge in [0.2, 0.25) is 0 Å². The van der Waals surface area contributed by atoms with Gasteiger partial charge in [-0.1, -0.05) is 18.3 Å². The van der Waals surface area contributed by atoms with Gasteiger partial charge in [-0.25, -0.2) is 4.98 Å². The van der Waals surface area contributed by atoms with Crippen LogP contribution >= 0.6 is 11.3 Å². The third kappa shape index (κ3) is 2.43. The second-order valence-corrected chi connectivity index (χ2v) is 5.96. The van der Waals surface area contributed by atoms with E-state index in [0.717, 1.165) is 19.4 Å². The Morgan fingerprint density at radius 1 is 1.56 bits per heavy atom. The molecule has 1 fully saturated rings. The van der Waals surface area contributed by atoms with Gasteiger partial charge in [0, 0.05) is 19.6 Å². The summed E-state index contributed by atoms with van der Waals surface area (Å²) in [5.41, 5.74) is 5.81. The van der Waals surface area contributed by atoms with Crippen molar-refractivity contribution in [1.82, 2.24) is 9.88 Å². The molecule has 18 heavy (non-hydrogen) atoms. The monoisotopic (exact) mass is 268 g/mol. The minimum absolute atomic E-state index is 0.0194. The number of hydrogen-bond acceptors (Lipinski definition) is 5. The molecule has 0 saturated carbocycles. The average Bonchev–Trinajstić information content (AvgIpc) is 2.70. The highest BCUT2D eigenvalue weighted by atomic mass is 32.1. The predicted octanol–water partition coefficient (Wildman–Crippen LogP) is 2.03. The number of nitrogens with two attached hydrogens (primary N) is 1. The number of carbonyl (C=O) groups excluding carboxylic acids is 1. The van der Waals surface area contributed by atoms with Gasteiger partial charge < -0.3 is 16.0 Å². The molecular weight excluding hydrogens is 248 g/mol. The minimum Gasteiger partial charge on any atom is -0.382 e. The fourth-order valence-electron chi connectivity index (χ4n) is 2.43. The quantitative estimate of drug-likeness (QED) is 0.861. The summed E-state index contributed by atoms with van der Waals surface area (Å²) >= 11 is 1.33. The molecule has 0 aromatic carbocycles. The van der Waals surface area contributed by atoms with Crippen LogP contribution in [0, 0.1) is 5.92 Å². The number of rotatable bonds is 2. The van der Waals surface area contributed by atoms with Crippen molar-refractivity contribution in [3.05, 3.63) is 4.88 Å². The predicted molar refractivity (Wildman–Crippen MR) is 75.0 cm³/mol. The van der Waals surface area contributed by atoms with Gasteiger partial charge in [-0.15, -0.1) is 0 Å². The third-order valence-corrected chi connectivity index (χ3v) is 4.54. The molecule has 3 N–H and O–H groups in total. The van der Waals surface area contributed by atoms with Gasteiger partial charge in [0.1, 0.15) is 10.7 Å². The van der Waals surface area contributed by atoms with Crippen LogP contribution in [0.25, 0.3) is 0 Å². The highest BCUT2D eigenvalue weighted by Crippen LogP contribution is 2.29. The molecule has 1 aliphatic rings. The first kappa shape index (κ1) is 13.1. The molecule has 1 amide bonds. The molecule has 0 spiro atoms. The summed E-state index contributed by atoms with van der Waals surface area (Å²) in [4.78, 5) is 19.1. The molecule has 1 saturated heterocycles. The van der Waals surface area contributed by atoms with Crippen molar-refractivity contribution < 1.29 is 4.79 Å². The number of nitrogens with one attached hydrogen (secondary N) is 1. The summed E-state index contributed by atoms with van der Waals surface area (Å²) in [7, 11) is 1.78. The van der Waals surface area contributed by atoms with E-state index in [2.05, 4.69) is 24.1 Å². The van der Waals surface area contributed by atoms with Crippen LogP contribution < -0.4 is 11.1 Å². The van der Waals surface area contributed by atoms with E-state index in [1.807, 2.05) is 4.90 Å². The molecule has 2 atom stereocenters. The van der Waals surface area contributed by atoms with Crippen molar-refractivity contribution >= 4 is 28.2 Å². The first-order chi connectivity index (χ1) is 8.52. The summed E-state index contributed by atoms with van der Waals surface area (Å²) in [6.07, 6.45) is 2.12. The fraction of sp³-hybridized carbons (Fsp3) is 0.667. The van der Waals surface area contributed by atoms with Crippen LogP contribution in [0.2, 0.25) is 0 Å². The van der Waals surface area contributed by atoms with E-state index in [0.29, 0.717) is 21.7 Å². The first-order valence-corrected chi connectivity index (χ1v) is 7.09. The molecule has 100 valence electrons. The molecule has 2 unspecified atom stereocenters. The molecule has 2 heterocycles. The Morgan fingerprint density at radius 3 is 2.83 bits per heavy atom. The second kappa shape index (κ2) is 5.14. The van der Waals surface area contributed by atoms with Crippen molar-refractivity contribution in [2.45, 2.75) is 32.7 Å². The van der Waals surface area contributed by atoms with Crippen LogP contribution in [0.15, 0.2) is 0 Å². The molecule has 5 nitrogen and oxygen atoms in total. The van der Waals surface area contributed by atoms with E-state index < -0.39 is 0 Å². The lowest BCUT2D eigenvalue weighted by Gasteiger charge is -2.36. The molecule has 1 aromatic heterocycles. The van der Waals surface area contributed by atoms with Crippen LogP contribution in [0.4, 0.5) is 10.9 Å². The van der Waals surface area contributed by atoms with E-state index in [1.165, 1.54) is 11.3 Å². The number of thiazole rings is 1. The van der Waals surface area contributed by atoms with Crippen molar-refractivity contribution in [2.75, 3.05) is 24.6 Å². The molecule has 1 aromatic rings. The smallest absolute Gasteiger partial charge is 0.268 e. The highest BCUT2D eigenvalue weighted by Gasteiger charge is 2.29. The van der Waals surface area contributed by atoms with Crippen molar-refractivity contribution in [1.29, 1.82) is 0 Å². The lowest BCUT2D eigenvalue weighted by molar-refractivity contribution is 0.0594. The molecular formula is C12H20N4OS. The van der Waals surface area contributed by atoms with Gasteiger partial charge in [0.25, 0.3) is 5.91 Å². The summed E-state index contributed by atoms with van der Waals surface area (Å²) in [5.74, 6) is 1.04. The SMILES string of the molecule is CNc1nc(N)c(C(=O)N2CCC(C)CC2C)s1. The van der Waals surface area contributed by atoms with Gasteiger partial charge in [-0.2, -0.15) is 0 Å².